The van der Waals surface area contributed by atoms with Crippen LogP contribution in [0.2, 0.25) is 0 Å². The maximum absolute atomic E-state index is 13.6. The number of nitrogens with zero attached hydrogens (tertiary/aromatic N) is 3. The Labute approximate surface area is 221 Å². The first-order valence-electron chi connectivity index (χ1n) is 13.1. The molecule has 0 spiro atoms. The fraction of sp³-hybridized carbons (Fsp3) is 0.519. The quantitative estimate of drug-likeness (QED) is 0.310. The molecule has 3 aliphatic rings. The molecule has 1 aromatic rings. The van der Waals surface area contributed by atoms with Crippen LogP contribution < -0.4 is 25.0 Å². The highest BCUT2D eigenvalue weighted by molar-refractivity contribution is 6.05. The predicted octanol–water partition coefficient (Wildman–Crippen LogP) is 1.67. The number of amides is 2. The van der Waals surface area contributed by atoms with E-state index >= 15 is 0 Å². The zero-order chi connectivity index (χ0) is 27.1. The molecule has 202 valence electrons. The number of ether oxygens (including phenoxy) is 2. The number of nitriles is 1. The fourth-order valence-electron chi connectivity index (χ4n) is 5.25. The molecule has 1 aromatic carbocycles. The Morgan fingerprint density at radius 3 is 2.29 bits per heavy atom. The monoisotopic (exact) mass is 523 g/mol. The van der Waals surface area contributed by atoms with Crippen molar-refractivity contribution in [3.05, 3.63) is 29.8 Å². The van der Waals surface area contributed by atoms with E-state index in [0.717, 1.165) is 57.5 Å². The van der Waals surface area contributed by atoms with Crippen molar-refractivity contribution < 1.29 is 28.7 Å². The number of carbonyl (C=O) groups is 4. The predicted molar refractivity (Wildman–Crippen MR) is 138 cm³/mol. The van der Waals surface area contributed by atoms with Gasteiger partial charge in [0.15, 0.2) is 11.5 Å². The average molecular weight is 524 g/mol. The normalized spacial score (nSPS) is 20.1. The van der Waals surface area contributed by atoms with Crippen molar-refractivity contribution in [2.24, 2.45) is 0 Å². The summed E-state index contributed by atoms with van der Waals surface area (Å²) < 4.78 is 11.1. The molecule has 2 heterocycles. The lowest BCUT2D eigenvalue weighted by atomic mass is 9.80. The molecule has 1 saturated carbocycles. The number of anilines is 1. The third kappa shape index (κ3) is 5.97. The Kier molecular flexibility index (Phi) is 8.63. The van der Waals surface area contributed by atoms with Crippen LogP contribution in [-0.4, -0.2) is 73.5 Å². The Hall–Kier alpha value is -3.91. The Bertz CT molecular complexity index is 1160. The van der Waals surface area contributed by atoms with Crippen LogP contribution in [0, 0.1) is 11.3 Å². The highest BCUT2D eigenvalue weighted by Gasteiger charge is 2.42. The Morgan fingerprint density at radius 2 is 1.66 bits per heavy atom. The molecule has 0 bridgehead atoms. The smallest absolute Gasteiger partial charge is 0.336 e. The molecule has 38 heavy (non-hydrogen) atoms. The number of benzene rings is 1. The number of carbonyl (C=O) groups excluding carboxylic acids is 4. The van der Waals surface area contributed by atoms with Gasteiger partial charge in [0, 0.05) is 38.3 Å². The summed E-state index contributed by atoms with van der Waals surface area (Å²) in [6.45, 7) is 5.92. The molecule has 2 aliphatic heterocycles. The number of fused-ring (bicyclic) bond motifs is 1. The first-order chi connectivity index (χ1) is 18.4. The van der Waals surface area contributed by atoms with Gasteiger partial charge in [-0.2, -0.15) is 5.26 Å². The topological polar surface area (TPSA) is 141 Å². The van der Waals surface area contributed by atoms with Crippen LogP contribution >= 0.6 is 0 Å². The number of hydrogen-bond acceptors (Lipinski definition) is 9. The summed E-state index contributed by atoms with van der Waals surface area (Å²) in [4.78, 5) is 55.9. The largest absolute Gasteiger partial charge is 0.418 e. The van der Waals surface area contributed by atoms with Gasteiger partial charge >= 0.3 is 11.9 Å². The summed E-state index contributed by atoms with van der Waals surface area (Å²) >= 11 is 0. The number of nitrogens with one attached hydrogen (secondary N) is 2. The van der Waals surface area contributed by atoms with Gasteiger partial charge in [0.05, 0.1) is 17.3 Å². The summed E-state index contributed by atoms with van der Waals surface area (Å²) in [7, 11) is 0. The second-order valence-electron chi connectivity index (χ2n) is 9.73. The second-order valence-corrected chi connectivity index (χ2v) is 9.73. The highest BCUT2D eigenvalue weighted by atomic mass is 16.6. The lowest BCUT2D eigenvalue weighted by molar-refractivity contribution is -0.133. The molecule has 4 rings (SSSR count). The van der Waals surface area contributed by atoms with E-state index in [9.17, 15) is 19.2 Å². The van der Waals surface area contributed by atoms with Crippen LogP contribution in [0.15, 0.2) is 24.3 Å². The molecule has 2 N–H and O–H groups in total. The molecule has 11 heteroatoms. The molecule has 0 unspecified atom stereocenters. The third-order valence-corrected chi connectivity index (χ3v) is 7.17. The number of esters is 2. The van der Waals surface area contributed by atoms with E-state index in [0.29, 0.717) is 31.6 Å². The molecule has 2 amide bonds. The molecular weight excluding hydrogens is 490 g/mol. The van der Waals surface area contributed by atoms with Gasteiger partial charge in [0.1, 0.15) is 12.1 Å². The van der Waals surface area contributed by atoms with E-state index in [2.05, 4.69) is 22.5 Å². The van der Waals surface area contributed by atoms with Gasteiger partial charge in [-0.25, -0.2) is 9.59 Å². The summed E-state index contributed by atoms with van der Waals surface area (Å²) in [5.41, 5.74) is -0.679. The van der Waals surface area contributed by atoms with Crippen LogP contribution in [0.3, 0.4) is 0 Å². The minimum atomic E-state index is -1.20. The van der Waals surface area contributed by atoms with Crippen LogP contribution in [-0.2, 0) is 14.4 Å². The van der Waals surface area contributed by atoms with Crippen molar-refractivity contribution >= 4 is 29.4 Å². The SMILES string of the molecule is CCCN1CCN(c2ccc(C(=O)NC3(C(=O)NCC#N)CCCCC3)c3c2OC(=O)/C=C\C(=O)O3)CC1. The van der Waals surface area contributed by atoms with Crippen molar-refractivity contribution in [3.8, 4) is 17.6 Å². The van der Waals surface area contributed by atoms with Gasteiger partial charge in [-0.05, 0) is 37.9 Å². The summed E-state index contributed by atoms with van der Waals surface area (Å²) in [6.07, 6.45) is 6.20. The first kappa shape index (κ1) is 27.1. The van der Waals surface area contributed by atoms with Crippen LogP contribution in [0.5, 0.6) is 11.5 Å². The maximum Gasteiger partial charge on any atom is 0.336 e. The summed E-state index contributed by atoms with van der Waals surface area (Å²) in [5, 5.41) is 14.3. The molecule has 0 aromatic heterocycles. The van der Waals surface area contributed by atoms with Crippen LogP contribution in [0.25, 0.3) is 0 Å². The van der Waals surface area contributed by atoms with Crippen molar-refractivity contribution in [1.82, 2.24) is 15.5 Å². The zero-order valence-electron chi connectivity index (χ0n) is 21.6. The van der Waals surface area contributed by atoms with Crippen LogP contribution in [0.4, 0.5) is 5.69 Å². The molecule has 1 saturated heterocycles. The van der Waals surface area contributed by atoms with Crippen molar-refractivity contribution in [1.29, 1.82) is 5.26 Å². The van der Waals surface area contributed by atoms with Gasteiger partial charge in [-0.15, -0.1) is 0 Å². The maximum atomic E-state index is 13.6. The van der Waals surface area contributed by atoms with E-state index in [-0.39, 0.29) is 23.6 Å². The van der Waals surface area contributed by atoms with E-state index < -0.39 is 29.3 Å². The van der Waals surface area contributed by atoms with Gasteiger partial charge in [0.25, 0.3) is 5.91 Å². The van der Waals surface area contributed by atoms with Crippen molar-refractivity contribution in [3.63, 3.8) is 0 Å². The van der Waals surface area contributed by atoms with Gasteiger partial charge in [-0.3, -0.25) is 14.5 Å². The highest BCUT2D eigenvalue weighted by Crippen LogP contribution is 2.42. The molecular formula is C27H33N5O6. The van der Waals surface area contributed by atoms with Gasteiger partial charge in [0.2, 0.25) is 5.91 Å². The number of piperazine rings is 1. The van der Waals surface area contributed by atoms with Crippen molar-refractivity contribution in [2.45, 2.75) is 51.0 Å². The average Bonchev–Trinajstić information content (AvgIpc) is 2.91. The lowest BCUT2D eigenvalue weighted by Gasteiger charge is -2.37. The lowest BCUT2D eigenvalue weighted by Crippen LogP contribution is -2.59. The van der Waals surface area contributed by atoms with Gasteiger partial charge < -0.3 is 25.0 Å². The minimum absolute atomic E-state index is 0.00378. The van der Waals surface area contributed by atoms with E-state index in [1.165, 1.54) is 6.07 Å². The summed E-state index contributed by atoms with van der Waals surface area (Å²) in [5.74, 6) is -2.81. The zero-order valence-corrected chi connectivity index (χ0v) is 21.6. The van der Waals surface area contributed by atoms with Crippen LogP contribution in [0.1, 0.15) is 55.8 Å². The molecule has 0 atom stereocenters. The first-order valence-corrected chi connectivity index (χ1v) is 13.1. The fourth-order valence-corrected chi connectivity index (χ4v) is 5.25. The van der Waals surface area contributed by atoms with Gasteiger partial charge in [-0.1, -0.05) is 26.2 Å². The molecule has 0 radical (unpaired) electrons. The van der Waals surface area contributed by atoms with Crippen molar-refractivity contribution in [2.75, 3.05) is 44.2 Å². The minimum Gasteiger partial charge on any atom is -0.418 e. The summed E-state index contributed by atoms with van der Waals surface area (Å²) in [6, 6.07) is 5.09. The number of rotatable bonds is 7. The Balaban J connectivity index is 1.68. The molecule has 2 fully saturated rings. The Morgan fingerprint density at radius 1 is 1.00 bits per heavy atom. The third-order valence-electron chi connectivity index (χ3n) is 7.17. The van der Waals surface area contributed by atoms with E-state index in [1.54, 1.807) is 6.07 Å². The van der Waals surface area contributed by atoms with E-state index in [4.69, 9.17) is 14.7 Å². The van der Waals surface area contributed by atoms with E-state index in [1.807, 2.05) is 11.0 Å². The standard InChI is InChI=1S/C27H33N5O6/c1-2-14-31-15-17-32(18-16-31)20-7-6-19(23-24(20)38-22(34)9-8-21(33)37-23)25(35)30-27(10-4-3-5-11-27)26(36)29-13-12-28/h6-9H,2-5,10-11,13-18H2,1H3,(H,29,36)(H,30,35)/b9-8-. The molecule has 11 nitrogen and oxygen atoms in total. The number of hydrogen-bond donors (Lipinski definition) is 2. The second kappa shape index (κ2) is 12.1. The molecule has 1 aliphatic carbocycles.